The predicted molar refractivity (Wildman–Crippen MR) is 64.5 cm³/mol. The molecule has 1 heterocycles. The van der Waals surface area contributed by atoms with Crippen LogP contribution in [0.4, 0.5) is 13.2 Å². The number of aliphatic carboxylic acids is 1. The molecule has 1 amide bonds. The summed E-state index contributed by atoms with van der Waals surface area (Å²) in [4.78, 5) is 24.1. The molecule has 2 atom stereocenters. The third kappa shape index (κ3) is 3.15. The van der Waals surface area contributed by atoms with Crippen LogP contribution in [0.3, 0.4) is 0 Å². The van der Waals surface area contributed by atoms with E-state index in [4.69, 9.17) is 5.11 Å². The summed E-state index contributed by atoms with van der Waals surface area (Å²) in [6, 6.07) is 2.53. The van der Waals surface area contributed by atoms with Gasteiger partial charge < -0.3 is 15.1 Å². The summed E-state index contributed by atoms with van der Waals surface area (Å²) in [5, 5.41) is 18.5. The van der Waals surface area contributed by atoms with Gasteiger partial charge in [-0.2, -0.15) is 13.2 Å². The highest BCUT2D eigenvalue weighted by atomic mass is 19.4. The first-order valence-corrected chi connectivity index (χ1v) is 6.09. The number of aliphatic hydroxyl groups excluding tert-OH is 1. The van der Waals surface area contributed by atoms with Crippen LogP contribution in [0.25, 0.3) is 0 Å². The summed E-state index contributed by atoms with van der Waals surface area (Å²) in [5.41, 5.74) is -1.25. The van der Waals surface area contributed by atoms with Gasteiger partial charge in [-0.15, -0.1) is 0 Å². The van der Waals surface area contributed by atoms with Crippen molar-refractivity contribution in [1.29, 1.82) is 0 Å². The van der Waals surface area contributed by atoms with Crippen LogP contribution in [0.5, 0.6) is 0 Å². The number of nitrogens with zero attached hydrogens (tertiary/aromatic N) is 1. The van der Waals surface area contributed by atoms with Gasteiger partial charge in [-0.3, -0.25) is 4.79 Å². The van der Waals surface area contributed by atoms with Crippen molar-refractivity contribution in [1.82, 2.24) is 4.90 Å². The molecule has 1 aliphatic heterocycles. The maximum atomic E-state index is 12.6. The molecule has 2 rings (SSSR count). The molecule has 0 aliphatic carbocycles. The van der Waals surface area contributed by atoms with Crippen molar-refractivity contribution < 1.29 is 33.0 Å². The summed E-state index contributed by atoms with van der Waals surface area (Å²) in [5.74, 6) is -2.14. The molecular formula is C13H12F3NO4. The van der Waals surface area contributed by atoms with Gasteiger partial charge in [-0.1, -0.05) is 6.07 Å². The van der Waals surface area contributed by atoms with Crippen LogP contribution in [0.1, 0.15) is 22.3 Å². The first kappa shape index (κ1) is 15.3. The number of alkyl halides is 3. The monoisotopic (exact) mass is 303 g/mol. The molecule has 1 fully saturated rings. The number of halogens is 3. The molecule has 1 aliphatic rings. The normalized spacial score (nSPS) is 22.4. The van der Waals surface area contributed by atoms with Crippen LogP contribution in [0.15, 0.2) is 24.3 Å². The number of carboxylic acids is 1. The third-order valence-electron chi connectivity index (χ3n) is 3.26. The molecule has 1 saturated heterocycles. The average molecular weight is 303 g/mol. The highest BCUT2D eigenvalue weighted by molar-refractivity contribution is 5.97. The Morgan fingerprint density at radius 1 is 1.29 bits per heavy atom. The maximum Gasteiger partial charge on any atom is 0.416 e. The Balaban J connectivity index is 2.30. The van der Waals surface area contributed by atoms with E-state index in [-0.39, 0.29) is 18.5 Å². The molecule has 0 radical (unpaired) electrons. The van der Waals surface area contributed by atoms with Crippen LogP contribution < -0.4 is 0 Å². The summed E-state index contributed by atoms with van der Waals surface area (Å²) >= 11 is 0. The molecule has 0 spiro atoms. The Bertz CT molecular complexity index is 573. The van der Waals surface area contributed by atoms with Crippen molar-refractivity contribution in [2.45, 2.75) is 24.7 Å². The number of carbonyl (C=O) groups excluding carboxylic acids is 1. The van der Waals surface area contributed by atoms with Gasteiger partial charge in [0.1, 0.15) is 6.04 Å². The largest absolute Gasteiger partial charge is 0.480 e. The highest BCUT2D eigenvalue weighted by Gasteiger charge is 2.39. The fraction of sp³-hybridized carbons (Fsp3) is 0.385. The van der Waals surface area contributed by atoms with Crippen LogP contribution in [-0.2, 0) is 11.0 Å². The van der Waals surface area contributed by atoms with E-state index >= 15 is 0 Å². The second kappa shape index (κ2) is 5.36. The Labute approximate surface area is 117 Å². The second-order valence-electron chi connectivity index (χ2n) is 4.78. The molecule has 0 aromatic heterocycles. The molecule has 8 heteroatoms. The van der Waals surface area contributed by atoms with Crippen LogP contribution >= 0.6 is 0 Å². The SMILES string of the molecule is O=C(O)[C@H]1C[C@@H](O)CN1C(=O)c1cccc(C(F)(F)F)c1. The number of rotatable bonds is 2. The molecular weight excluding hydrogens is 291 g/mol. The summed E-state index contributed by atoms with van der Waals surface area (Å²) in [7, 11) is 0. The topological polar surface area (TPSA) is 77.8 Å². The number of aliphatic hydroxyl groups is 1. The Morgan fingerprint density at radius 3 is 2.52 bits per heavy atom. The number of amides is 1. The number of benzene rings is 1. The smallest absolute Gasteiger partial charge is 0.416 e. The van der Waals surface area contributed by atoms with Gasteiger partial charge in [-0.25, -0.2) is 4.79 Å². The van der Waals surface area contributed by atoms with Crippen LogP contribution in [0, 0.1) is 0 Å². The lowest BCUT2D eigenvalue weighted by molar-refractivity contribution is -0.141. The fourth-order valence-corrected chi connectivity index (χ4v) is 2.27. The van der Waals surface area contributed by atoms with Gasteiger partial charge in [-0.05, 0) is 18.2 Å². The van der Waals surface area contributed by atoms with Gasteiger partial charge >= 0.3 is 12.1 Å². The maximum absolute atomic E-state index is 12.6. The van der Waals surface area contributed by atoms with E-state index in [1.807, 2.05) is 0 Å². The van der Waals surface area contributed by atoms with Gasteiger partial charge in [0.15, 0.2) is 0 Å². The third-order valence-corrected chi connectivity index (χ3v) is 3.26. The second-order valence-corrected chi connectivity index (χ2v) is 4.78. The molecule has 1 aromatic carbocycles. The van der Waals surface area contributed by atoms with Crippen LogP contribution in [0.2, 0.25) is 0 Å². The van der Waals surface area contributed by atoms with Crippen molar-refractivity contribution in [2.24, 2.45) is 0 Å². The molecule has 0 bridgehead atoms. The quantitative estimate of drug-likeness (QED) is 0.865. The Morgan fingerprint density at radius 2 is 1.95 bits per heavy atom. The lowest BCUT2D eigenvalue weighted by atomic mass is 10.1. The molecule has 114 valence electrons. The molecule has 0 unspecified atom stereocenters. The van der Waals surface area contributed by atoms with Crippen molar-refractivity contribution >= 4 is 11.9 Å². The van der Waals surface area contributed by atoms with Gasteiger partial charge in [0.25, 0.3) is 5.91 Å². The molecule has 0 saturated carbocycles. The lowest BCUT2D eigenvalue weighted by Gasteiger charge is -2.21. The minimum atomic E-state index is -4.59. The Hall–Kier alpha value is -2.09. The van der Waals surface area contributed by atoms with Gasteiger partial charge in [0, 0.05) is 18.5 Å². The van der Waals surface area contributed by atoms with E-state index in [1.54, 1.807) is 0 Å². The minimum Gasteiger partial charge on any atom is -0.480 e. The van der Waals surface area contributed by atoms with E-state index in [1.165, 1.54) is 6.07 Å². The van der Waals surface area contributed by atoms with Crippen LogP contribution in [-0.4, -0.2) is 45.7 Å². The minimum absolute atomic E-state index is 0.139. The first-order chi connectivity index (χ1) is 9.70. The average Bonchev–Trinajstić information content (AvgIpc) is 2.79. The summed E-state index contributed by atoms with van der Waals surface area (Å²) in [6.45, 7) is -0.216. The van der Waals surface area contributed by atoms with Crippen molar-refractivity contribution in [3.63, 3.8) is 0 Å². The van der Waals surface area contributed by atoms with E-state index in [2.05, 4.69) is 0 Å². The predicted octanol–water partition coefficient (Wildman–Crippen LogP) is 1.37. The summed E-state index contributed by atoms with van der Waals surface area (Å²) < 4.78 is 37.8. The Kier molecular flexibility index (Phi) is 3.91. The van der Waals surface area contributed by atoms with E-state index in [0.717, 1.165) is 17.0 Å². The molecule has 21 heavy (non-hydrogen) atoms. The lowest BCUT2D eigenvalue weighted by Crippen LogP contribution is -2.40. The molecule has 1 aromatic rings. The zero-order chi connectivity index (χ0) is 15.8. The number of hydrogen-bond donors (Lipinski definition) is 2. The van der Waals surface area contributed by atoms with Gasteiger partial charge in [0.05, 0.1) is 11.7 Å². The molecule has 5 nitrogen and oxygen atoms in total. The standard InChI is InChI=1S/C13H12F3NO4/c14-13(15,16)8-3-1-2-7(4-8)11(19)17-6-9(18)5-10(17)12(20)21/h1-4,9-10,18H,5-6H2,(H,20,21)/t9-,10-/m1/s1. The van der Waals surface area contributed by atoms with Crippen molar-refractivity contribution in [3.05, 3.63) is 35.4 Å². The number of carbonyl (C=O) groups is 2. The number of carboxylic acid groups (broad SMARTS) is 1. The van der Waals surface area contributed by atoms with E-state index < -0.39 is 35.8 Å². The van der Waals surface area contributed by atoms with E-state index in [0.29, 0.717) is 6.07 Å². The van der Waals surface area contributed by atoms with Crippen molar-refractivity contribution in [2.75, 3.05) is 6.54 Å². The number of β-amino-alcohol motifs (C(OH)–C–C–N with tert-alkyl or cyclic N) is 1. The zero-order valence-electron chi connectivity index (χ0n) is 10.7. The number of hydrogen-bond acceptors (Lipinski definition) is 3. The fourth-order valence-electron chi connectivity index (χ4n) is 2.27. The summed E-state index contributed by atoms with van der Waals surface area (Å²) in [6.07, 6.45) is -5.73. The number of likely N-dealkylation sites (tertiary alicyclic amines) is 1. The van der Waals surface area contributed by atoms with Crippen molar-refractivity contribution in [3.8, 4) is 0 Å². The highest BCUT2D eigenvalue weighted by Crippen LogP contribution is 2.30. The first-order valence-electron chi connectivity index (χ1n) is 6.09. The zero-order valence-corrected chi connectivity index (χ0v) is 10.7. The van der Waals surface area contributed by atoms with Gasteiger partial charge in [0.2, 0.25) is 0 Å². The van der Waals surface area contributed by atoms with E-state index in [9.17, 15) is 27.9 Å². The molecule has 2 N–H and O–H groups in total.